The molecule has 1 heterocycles. The number of hydrogen-bond donors (Lipinski definition) is 1. The molecule has 2 unspecified atom stereocenters. The molecule has 0 bridgehead atoms. The summed E-state index contributed by atoms with van der Waals surface area (Å²) >= 11 is 2.09. The number of nitrogens with one attached hydrogen (secondary N) is 1. The van der Waals surface area contributed by atoms with Crippen molar-refractivity contribution in [2.75, 3.05) is 5.75 Å². The average Bonchev–Trinajstić information content (AvgIpc) is 2.95. The van der Waals surface area contributed by atoms with E-state index >= 15 is 0 Å². The Bertz CT molecular complexity index is 364. The molecule has 2 atom stereocenters. The average molecular weight is 268 g/mol. The first kappa shape index (κ1) is 13.9. The van der Waals surface area contributed by atoms with E-state index in [0.717, 1.165) is 17.6 Å². The molecule has 1 fully saturated rings. The standard InChI is InChI=1S/C13H24N4S/c1-4-18-12-7-5-6-11(12)14-8-13-15-9-16-17(13)10(2)3/h9-12,14H,4-8H2,1-3H3. The number of hydrogen-bond acceptors (Lipinski definition) is 4. The third-order valence-electron chi connectivity index (χ3n) is 3.49. The second kappa shape index (κ2) is 6.57. The first-order valence-corrected chi connectivity index (χ1v) is 8.00. The van der Waals surface area contributed by atoms with Crippen LogP contribution < -0.4 is 5.32 Å². The predicted octanol–water partition coefficient (Wildman–Crippen LogP) is 2.62. The van der Waals surface area contributed by atoms with Gasteiger partial charge in [0.05, 0.1) is 6.54 Å². The summed E-state index contributed by atoms with van der Waals surface area (Å²) < 4.78 is 2.00. The summed E-state index contributed by atoms with van der Waals surface area (Å²) in [4.78, 5) is 4.35. The largest absolute Gasteiger partial charge is 0.306 e. The van der Waals surface area contributed by atoms with Crippen LogP contribution in [0, 0.1) is 0 Å². The Morgan fingerprint density at radius 2 is 2.33 bits per heavy atom. The molecule has 1 aromatic heterocycles. The Balaban J connectivity index is 1.89. The molecule has 0 aliphatic heterocycles. The van der Waals surface area contributed by atoms with Gasteiger partial charge in [-0.1, -0.05) is 13.3 Å². The van der Waals surface area contributed by atoms with E-state index in [1.807, 2.05) is 4.68 Å². The SMILES string of the molecule is CCSC1CCCC1NCc1ncnn1C(C)C. The van der Waals surface area contributed by atoms with E-state index in [0.29, 0.717) is 12.1 Å². The quantitative estimate of drug-likeness (QED) is 0.861. The fourth-order valence-corrected chi connectivity index (χ4v) is 3.85. The molecular formula is C13H24N4S. The maximum atomic E-state index is 4.35. The molecule has 18 heavy (non-hydrogen) atoms. The predicted molar refractivity (Wildman–Crippen MR) is 76.8 cm³/mol. The van der Waals surface area contributed by atoms with Crippen molar-refractivity contribution >= 4 is 11.8 Å². The van der Waals surface area contributed by atoms with E-state index in [1.165, 1.54) is 25.0 Å². The van der Waals surface area contributed by atoms with Gasteiger partial charge in [-0.05, 0) is 32.4 Å². The van der Waals surface area contributed by atoms with Gasteiger partial charge in [0.25, 0.3) is 0 Å². The Morgan fingerprint density at radius 1 is 1.50 bits per heavy atom. The first-order chi connectivity index (χ1) is 8.72. The third kappa shape index (κ3) is 3.26. The molecule has 1 N–H and O–H groups in total. The van der Waals surface area contributed by atoms with E-state index in [-0.39, 0.29) is 0 Å². The van der Waals surface area contributed by atoms with Crippen molar-refractivity contribution in [1.29, 1.82) is 0 Å². The van der Waals surface area contributed by atoms with Gasteiger partial charge in [0.1, 0.15) is 12.2 Å². The number of thioether (sulfide) groups is 1. The van der Waals surface area contributed by atoms with E-state index in [1.54, 1.807) is 6.33 Å². The minimum absolute atomic E-state index is 0.383. The smallest absolute Gasteiger partial charge is 0.141 e. The van der Waals surface area contributed by atoms with Crippen molar-refractivity contribution < 1.29 is 0 Å². The molecule has 102 valence electrons. The molecule has 1 aromatic rings. The molecule has 1 aliphatic rings. The summed E-state index contributed by atoms with van der Waals surface area (Å²) in [6, 6.07) is 1.03. The summed E-state index contributed by atoms with van der Waals surface area (Å²) in [6.45, 7) is 7.37. The van der Waals surface area contributed by atoms with Gasteiger partial charge in [-0.2, -0.15) is 16.9 Å². The van der Waals surface area contributed by atoms with Gasteiger partial charge in [-0.25, -0.2) is 9.67 Å². The molecule has 0 radical (unpaired) electrons. The number of aromatic nitrogens is 3. The van der Waals surface area contributed by atoms with Gasteiger partial charge in [-0.15, -0.1) is 0 Å². The molecule has 5 heteroatoms. The lowest BCUT2D eigenvalue weighted by atomic mass is 10.2. The van der Waals surface area contributed by atoms with Crippen LogP contribution in [0.5, 0.6) is 0 Å². The Labute approximate surface area is 114 Å². The second-order valence-electron chi connectivity index (χ2n) is 5.13. The van der Waals surface area contributed by atoms with Gasteiger partial charge < -0.3 is 5.32 Å². The van der Waals surface area contributed by atoms with Crippen LogP contribution in [0.3, 0.4) is 0 Å². The van der Waals surface area contributed by atoms with E-state index in [2.05, 4.69) is 47.9 Å². The lowest BCUT2D eigenvalue weighted by molar-refractivity contribution is 0.463. The van der Waals surface area contributed by atoms with Gasteiger partial charge in [0, 0.05) is 17.3 Å². The van der Waals surface area contributed by atoms with Crippen molar-refractivity contribution in [2.24, 2.45) is 0 Å². The van der Waals surface area contributed by atoms with Crippen molar-refractivity contribution in [3.05, 3.63) is 12.2 Å². The summed E-state index contributed by atoms with van der Waals surface area (Å²) in [5.41, 5.74) is 0. The number of nitrogens with zero attached hydrogens (tertiary/aromatic N) is 3. The van der Waals surface area contributed by atoms with Gasteiger partial charge in [0.2, 0.25) is 0 Å². The molecule has 0 saturated heterocycles. The fraction of sp³-hybridized carbons (Fsp3) is 0.846. The highest BCUT2D eigenvalue weighted by molar-refractivity contribution is 7.99. The fourth-order valence-electron chi connectivity index (χ4n) is 2.63. The summed E-state index contributed by atoms with van der Waals surface area (Å²) in [5, 5.41) is 8.73. The Hall–Kier alpha value is -0.550. The minimum Gasteiger partial charge on any atom is -0.306 e. The van der Waals surface area contributed by atoms with Crippen molar-refractivity contribution in [2.45, 2.75) is 63.9 Å². The van der Waals surface area contributed by atoms with E-state index < -0.39 is 0 Å². The lowest BCUT2D eigenvalue weighted by Gasteiger charge is -2.20. The zero-order chi connectivity index (χ0) is 13.0. The van der Waals surface area contributed by atoms with E-state index in [4.69, 9.17) is 0 Å². The van der Waals surface area contributed by atoms with E-state index in [9.17, 15) is 0 Å². The lowest BCUT2D eigenvalue weighted by Crippen LogP contribution is -2.34. The summed E-state index contributed by atoms with van der Waals surface area (Å²) in [5.74, 6) is 2.27. The van der Waals surface area contributed by atoms with Crippen molar-refractivity contribution in [3.63, 3.8) is 0 Å². The van der Waals surface area contributed by atoms with Crippen LogP contribution in [-0.4, -0.2) is 31.8 Å². The second-order valence-corrected chi connectivity index (χ2v) is 6.64. The van der Waals surface area contributed by atoms with Crippen molar-refractivity contribution in [3.8, 4) is 0 Å². The van der Waals surface area contributed by atoms with Crippen LogP contribution in [0.25, 0.3) is 0 Å². The van der Waals surface area contributed by atoms with Crippen LogP contribution in [-0.2, 0) is 6.54 Å². The zero-order valence-corrected chi connectivity index (χ0v) is 12.4. The normalized spacial score (nSPS) is 24.0. The molecule has 4 nitrogen and oxygen atoms in total. The molecule has 2 rings (SSSR count). The highest BCUT2D eigenvalue weighted by atomic mass is 32.2. The summed E-state index contributed by atoms with van der Waals surface area (Å²) in [6.07, 6.45) is 5.66. The maximum Gasteiger partial charge on any atom is 0.141 e. The maximum absolute atomic E-state index is 4.35. The van der Waals surface area contributed by atoms with Gasteiger partial charge in [-0.3, -0.25) is 0 Å². The molecule has 0 spiro atoms. The van der Waals surface area contributed by atoms with Crippen LogP contribution >= 0.6 is 11.8 Å². The van der Waals surface area contributed by atoms with Crippen LogP contribution in [0.1, 0.15) is 51.9 Å². The van der Waals surface area contributed by atoms with Crippen LogP contribution in [0.15, 0.2) is 6.33 Å². The molecule has 0 aromatic carbocycles. The molecule has 1 saturated carbocycles. The van der Waals surface area contributed by atoms with Gasteiger partial charge in [0.15, 0.2) is 0 Å². The minimum atomic E-state index is 0.383. The first-order valence-electron chi connectivity index (χ1n) is 6.95. The molecule has 0 amide bonds. The Kier molecular flexibility index (Phi) is 5.06. The summed E-state index contributed by atoms with van der Waals surface area (Å²) in [7, 11) is 0. The number of rotatable bonds is 6. The van der Waals surface area contributed by atoms with Crippen molar-refractivity contribution in [1.82, 2.24) is 20.1 Å². The molecule has 1 aliphatic carbocycles. The highest BCUT2D eigenvalue weighted by Crippen LogP contribution is 2.30. The topological polar surface area (TPSA) is 42.7 Å². The highest BCUT2D eigenvalue weighted by Gasteiger charge is 2.26. The molecular weight excluding hydrogens is 244 g/mol. The van der Waals surface area contributed by atoms with Gasteiger partial charge >= 0.3 is 0 Å². The zero-order valence-electron chi connectivity index (χ0n) is 11.6. The Morgan fingerprint density at radius 3 is 3.06 bits per heavy atom. The van der Waals surface area contributed by atoms with Crippen LogP contribution in [0.4, 0.5) is 0 Å². The third-order valence-corrected chi connectivity index (χ3v) is 4.82. The van der Waals surface area contributed by atoms with Crippen LogP contribution in [0.2, 0.25) is 0 Å². The monoisotopic (exact) mass is 268 g/mol.